The van der Waals surface area contributed by atoms with E-state index in [9.17, 15) is 48.3 Å². The van der Waals surface area contributed by atoms with Gasteiger partial charge in [0.05, 0.1) is 13.2 Å². The van der Waals surface area contributed by atoms with Gasteiger partial charge in [-0.15, -0.1) is 6.58 Å². The molecule has 0 N–H and O–H groups in total. The van der Waals surface area contributed by atoms with E-state index in [2.05, 4.69) is 26.0 Å². The summed E-state index contributed by atoms with van der Waals surface area (Å²) in [6.07, 6.45) is -22.5. The van der Waals surface area contributed by atoms with Gasteiger partial charge in [0, 0.05) is 24.6 Å². The zero-order chi connectivity index (χ0) is 34.5. The second kappa shape index (κ2) is 17.1. The second-order valence-electron chi connectivity index (χ2n) is 9.57. The molecule has 0 unspecified atom stereocenters. The van der Waals surface area contributed by atoms with Crippen LogP contribution in [0.1, 0.15) is 44.9 Å². The third-order valence-corrected chi connectivity index (χ3v) is 5.74. The normalized spacial score (nSPS) is 13.1. The standard InChI is InChI=1S/C28H31F11N2O5/c1-2-3-4-5-6-7-16-44-22-18-20(23-40-13-10-14-41-23)11-12-21(22)43-17-9-8-15-42-19-24(29,30)45-27(36,37)28(38,39)46-26(34,35)25(31,32)33/h2,10-14,18H,1,3-9,15-17,19H2. The smallest absolute Gasteiger partial charge is 0.483 e. The lowest BCUT2D eigenvalue weighted by atomic mass is 10.1. The van der Waals surface area contributed by atoms with Gasteiger partial charge >= 0.3 is 30.6 Å². The number of allylic oxidation sites excluding steroid dienone is 1. The maximum atomic E-state index is 13.6. The summed E-state index contributed by atoms with van der Waals surface area (Å²) in [5.41, 5.74) is 0.648. The fourth-order valence-corrected chi connectivity index (χ4v) is 3.49. The Hall–Kier alpha value is -3.25. The quantitative estimate of drug-likeness (QED) is 0.0698. The number of benzene rings is 1. The Labute approximate surface area is 256 Å². The Morgan fingerprint density at radius 2 is 1.22 bits per heavy atom. The Morgan fingerprint density at radius 1 is 0.652 bits per heavy atom. The maximum Gasteiger partial charge on any atom is 0.483 e. The van der Waals surface area contributed by atoms with Gasteiger partial charge < -0.3 is 14.2 Å². The molecule has 7 nitrogen and oxygen atoms in total. The lowest BCUT2D eigenvalue weighted by Gasteiger charge is -2.31. The molecule has 0 bridgehead atoms. The predicted octanol–water partition coefficient (Wildman–Crippen LogP) is 8.80. The summed E-state index contributed by atoms with van der Waals surface area (Å²) in [4.78, 5) is 8.37. The van der Waals surface area contributed by atoms with Crippen LogP contribution in [0.4, 0.5) is 48.3 Å². The van der Waals surface area contributed by atoms with Gasteiger partial charge in [-0.2, -0.15) is 48.3 Å². The lowest BCUT2D eigenvalue weighted by molar-refractivity contribution is -0.537. The molecule has 0 saturated heterocycles. The minimum atomic E-state index is -6.85. The lowest BCUT2D eigenvalue weighted by Crippen LogP contribution is -2.55. The topological polar surface area (TPSA) is 71.9 Å². The van der Waals surface area contributed by atoms with Gasteiger partial charge in [0.25, 0.3) is 0 Å². The van der Waals surface area contributed by atoms with E-state index in [4.69, 9.17) is 9.47 Å². The summed E-state index contributed by atoms with van der Waals surface area (Å²) < 4.78 is 162. The number of ether oxygens (including phenoxy) is 5. The molecular weight excluding hydrogens is 653 g/mol. The molecule has 0 spiro atoms. The molecular formula is C28H31F11N2O5. The van der Waals surface area contributed by atoms with Gasteiger partial charge in [-0.3, -0.25) is 0 Å². The molecule has 0 saturated carbocycles. The van der Waals surface area contributed by atoms with Crippen LogP contribution in [-0.4, -0.2) is 67.0 Å². The van der Waals surface area contributed by atoms with Gasteiger partial charge in [-0.1, -0.05) is 18.9 Å². The van der Waals surface area contributed by atoms with Crippen LogP contribution in [0.15, 0.2) is 49.3 Å². The minimum Gasteiger partial charge on any atom is -0.490 e. The average Bonchev–Trinajstić information content (AvgIpc) is 2.95. The van der Waals surface area contributed by atoms with Crippen LogP contribution < -0.4 is 9.47 Å². The molecule has 0 fully saturated rings. The number of aromatic nitrogens is 2. The monoisotopic (exact) mass is 684 g/mol. The van der Waals surface area contributed by atoms with Crippen molar-refractivity contribution in [2.45, 2.75) is 75.6 Å². The zero-order valence-electron chi connectivity index (χ0n) is 24.1. The largest absolute Gasteiger partial charge is 0.490 e. The number of halogens is 11. The highest BCUT2D eigenvalue weighted by molar-refractivity contribution is 5.60. The highest BCUT2D eigenvalue weighted by Gasteiger charge is 2.72. The van der Waals surface area contributed by atoms with Gasteiger partial charge in [0.1, 0.15) is 6.61 Å². The van der Waals surface area contributed by atoms with E-state index < -0.39 is 43.8 Å². The predicted molar refractivity (Wildman–Crippen MR) is 140 cm³/mol. The number of hydrogen-bond acceptors (Lipinski definition) is 7. The number of rotatable bonds is 22. The van der Waals surface area contributed by atoms with Gasteiger partial charge in [-0.25, -0.2) is 19.4 Å². The molecule has 0 aliphatic rings. The highest BCUT2D eigenvalue weighted by atomic mass is 19.4. The van der Waals surface area contributed by atoms with Gasteiger partial charge in [0.2, 0.25) is 0 Å². The van der Waals surface area contributed by atoms with E-state index >= 15 is 0 Å². The number of hydrogen-bond donors (Lipinski definition) is 0. The van der Waals surface area contributed by atoms with Crippen LogP contribution in [0, 0.1) is 0 Å². The first kappa shape index (κ1) is 38.9. The maximum absolute atomic E-state index is 13.6. The van der Waals surface area contributed by atoms with Crippen LogP contribution in [0.5, 0.6) is 11.5 Å². The molecule has 1 aromatic heterocycles. The summed E-state index contributed by atoms with van der Waals surface area (Å²) in [7, 11) is 0. The number of alkyl halides is 11. The Morgan fingerprint density at radius 3 is 1.85 bits per heavy atom. The van der Waals surface area contributed by atoms with Crippen LogP contribution in [-0.2, 0) is 14.2 Å². The zero-order valence-corrected chi connectivity index (χ0v) is 24.1. The molecule has 46 heavy (non-hydrogen) atoms. The average molecular weight is 685 g/mol. The molecule has 0 atom stereocenters. The molecule has 1 heterocycles. The molecule has 0 aliphatic carbocycles. The number of nitrogens with zero attached hydrogens (tertiary/aromatic N) is 2. The molecule has 1 aromatic carbocycles. The van der Waals surface area contributed by atoms with Crippen LogP contribution in [0.25, 0.3) is 11.4 Å². The summed E-state index contributed by atoms with van der Waals surface area (Å²) in [6, 6.07) is 6.64. The van der Waals surface area contributed by atoms with E-state index in [1.165, 1.54) is 0 Å². The van der Waals surface area contributed by atoms with Crippen molar-refractivity contribution >= 4 is 0 Å². The molecule has 260 valence electrons. The summed E-state index contributed by atoms with van der Waals surface area (Å²) in [5, 5.41) is 0. The third kappa shape index (κ3) is 12.5. The van der Waals surface area contributed by atoms with E-state index in [-0.39, 0.29) is 19.4 Å². The van der Waals surface area contributed by atoms with Gasteiger partial charge in [0.15, 0.2) is 17.3 Å². The first-order valence-corrected chi connectivity index (χ1v) is 13.7. The molecule has 18 heteroatoms. The van der Waals surface area contributed by atoms with E-state index in [1.54, 1.807) is 36.7 Å². The molecule has 0 radical (unpaired) electrons. The van der Waals surface area contributed by atoms with Crippen molar-refractivity contribution in [3.8, 4) is 22.9 Å². The van der Waals surface area contributed by atoms with Crippen molar-refractivity contribution in [1.82, 2.24) is 9.97 Å². The van der Waals surface area contributed by atoms with Crippen LogP contribution >= 0.6 is 0 Å². The Kier molecular flexibility index (Phi) is 14.4. The van der Waals surface area contributed by atoms with Crippen molar-refractivity contribution in [1.29, 1.82) is 0 Å². The van der Waals surface area contributed by atoms with Crippen LogP contribution in [0.3, 0.4) is 0 Å². The van der Waals surface area contributed by atoms with Crippen molar-refractivity contribution in [2.75, 3.05) is 26.4 Å². The molecule has 0 amide bonds. The third-order valence-electron chi connectivity index (χ3n) is 5.74. The first-order valence-electron chi connectivity index (χ1n) is 13.7. The van der Waals surface area contributed by atoms with Crippen molar-refractivity contribution in [3.63, 3.8) is 0 Å². The highest BCUT2D eigenvalue weighted by Crippen LogP contribution is 2.47. The molecule has 2 rings (SSSR count). The van der Waals surface area contributed by atoms with Crippen LogP contribution in [0.2, 0.25) is 0 Å². The van der Waals surface area contributed by atoms with E-state index in [1.807, 2.05) is 10.8 Å². The summed E-state index contributed by atoms with van der Waals surface area (Å²) >= 11 is 0. The van der Waals surface area contributed by atoms with Crippen molar-refractivity contribution in [2.24, 2.45) is 0 Å². The summed E-state index contributed by atoms with van der Waals surface area (Å²) in [6.45, 7) is 1.45. The van der Waals surface area contributed by atoms with E-state index in [0.717, 1.165) is 32.1 Å². The fourth-order valence-electron chi connectivity index (χ4n) is 3.49. The molecule has 0 aliphatic heterocycles. The SMILES string of the molecule is C=CCCCCCCOc1cc(-c2ncccn2)ccc1OCCCCOCC(F)(F)OC(F)(F)C(F)(F)OC(F)(F)C(F)(F)F. The minimum absolute atomic E-state index is 0.00436. The Balaban J connectivity index is 1.84. The van der Waals surface area contributed by atoms with Crippen molar-refractivity contribution in [3.05, 3.63) is 49.3 Å². The Bertz CT molecular complexity index is 1200. The van der Waals surface area contributed by atoms with Crippen molar-refractivity contribution < 1.29 is 72.0 Å². The van der Waals surface area contributed by atoms with Gasteiger partial charge in [-0.05, 0) is 56.4 Å². The second-order valence-corrected chi connectivity index (χ2v) is 9.57. The fraction of sp³-hybridized carbons (Fsp3) is 0.571. The first-order chi connectivity index (χ1) is 21.4. The van der Waals surface area contributed by atoms with E-state index in [0.29, 0.717) is 29.5 Å². The number of unbranched alkanes of at least 4 members (excludes halogenated alkanes) is 5. The molecule has 2 aromatic rings. The summed E-state index contributed by atoms with van der Waals surface area (Å²) in [5.74, 6) is 1.17.